The summed E-state index contributed by atoms with van der Waals surface area (Å²) in [6.07, 6.45) is 0.00875. The van der Waals surface area contributed by atoms with Crippen LogP contribution in [0.15, 0.2) is 24.3 Å². The lowest BCUT2D eigenvalue weighted by Gasteiger charge is -2.08. The molecule has 4 heteroatoms. The third-order valence-electron chi connectivity index (χ3n) is 2.15. The van der Waals surface area contributed by atoms with Gasteiger partial charge in [0.05, 0.1) is 13.2 Å². The van der Waals surface area contributed by atoms with Crippen LogP contribution in [0, 0.1) is 17.8 Å². The maximum absolute atomic E-state index is 11.4. The number of ether oxygens (including phenoxy) is 1. The molecule has 0 bridgehead atoms. The SMILES string of the molecule is CC(C)COC(=O)Nc1ccc(C#CCCO)cc1. The van der Waals surface area contributed by atoms with Crippen LogP contribution < -0.4 is 5.32 Å². The molecule has 1 aromatic rings. The molecule has 0 heterocycles. The van der Waals surface area contributed by atoms with Gasteiger partial charge in [0.2, 0.25) is 0 Å². The van der Waals surface area contributed by atoms with E-state index in [0.717, 1.165) is 5.56 Å². The van der Waals surface area contributed by atoms with Gasteiger partial charge in [-0.3, -0.25) is 5.32 Å². The Labute approximate surface area is 113 Å². The van der Waals surface area contributed by atoms with E-state index in [0.29, 0.717) is 24.6 Å². The molecule has 0 aromatic heterocycles. The maximum Gasteiger partial charge on any atom is 0.411 e. The number of hydrogen-bond acceptors (Lipinski definition) is 3. The van der Waals surface area contributed by atoms with Crippen LogP contribution in [-0.4, -0.2) is 24.4 Å². The van der Waals surface area contributed by atoms with Gasteiger partial charge in [0.1, 0.15) is 0 Å². The molecule has 0 radical (unpaired) electrons. The Morgan fingerprint density at radius 3 is 2.63 bits per heavy atom. The second-order valence-corrected chi connectivity index (χ2v) is 4.47. The lowest BCUT2D eigenvalue weighted by Crippen LogP contribution is -2.16. The van der Waals surface area contributed by atoms with Gasteiger partial charge >= 0.3 is 6.09 Å². The van der Waals surface area contributed by atoms with Gasteiger partial charge in [-0.15, -0.1) is 0 Å². The van der Waals surface area contributed by atoms with Gasteiger partial charge in [0.15, 0.2) is 0 Å². The summed E-state index contributed by atoms with van der Waals surface area (Å²) in [5.41, 5.74) is 1.51. The monoisotopic (exact) mass is 261 g/mol. The Morgan fingerprint density at radius 1 is 1.37 bits per heavy atom. The normalized spacial score (nSPS) is 9.68. The summed E-state index contributed by atoms with van der Waals surface area (Å²) >= 11 is 0. The molecular formula is C15H19NO3. The zero-order valence-electron chi connectivity index (χ0n) is 11.3. The van der Waals surface area contributed by atoms with E-state index >= 15 is 0 Å². The molecule has 0 fully saturated rings. The van der Waals surface area contributed by atoms with Crippen molar-refractivity contribution in [1.29, 1.82) is 0 Å². The number of amides is 1. The van der Waals surface area contributed by atoms with Crippen molar-refractivity contribution in [3.8, 4) is 11.8 Å². The Balaban J connectivity index is 2.48. The zero-order valence-corrected chi connectivity index (χ0v) is 11.3. The highest BCUT2D eigenvalue weighted by Gasteiger charge is 2.04. The van der Waals surface area contributed by atoms with Gasteiger partial charge in [-0.1, -0.05) is 25.7 Å². The van der Waals surface area contributed by atoms with Crippen LogP contribution in [-0.2, 0) is 4.74 Å². The van der Waals surface area contributed by atoms with Crippen molar-refractivity contribution < 1.29 is 14.6 Å². The molecule has 102 valence electrons. The van der Waals surface area contributed by atoms with E-state index in [1.807, 2.05) is 26.0 Å². The van der Waals surface area contributed by atoms with Crippen LogP contribution in [0.4, 0.5) is 10.5 Å². The summed E-state index contributed by atoms with van der Waals surface area (Å²) in [6.45, 7) is 4.42. The Bertz CT molecular complexity index is 455. The van der Waals surface area contributed by atoms with Crippen molar-refractivity contribution in [3.05, 3.63) is 29.8 Å². The highest BCUT2D eigenvalue weighted by atomic mass is 16.5. The number of carbonyl (C=O) groups excluding carboxylic acids is 1. The predicted octanol–water partition coefficient (Wildman–Crippen LogP) is 2.63. The van der Waals surface area contributed by atoms with E-state index in [2.05, 4.69) is 17.2 Å². The van der Waals surface area contributed by atoms with Crippen LogP contribution >= 0.6 is 0 Å². The molecule has 0 atom stereocenters. The number of nitrogens with one attached hydrogen (secondary N) is 1. The smallest absolute Gasteiger partial charge is 0.411 e. The summed E-state index contributed by atoms with van der Waals surface area (Å²) in [5.74, 6) is 6.06. The van der Waals surface area contributed by atoms with Crippen molar-refractivity contribution in [2.75, 3.05) is 18.5 Å². The molecule has 1 rings (SSSR count). The van der Waals surface area contributed by atoms with Crippen LogP contribution in [0.25, 0.3) is 0 Å². The molecule has 1 aromatic carbocycles. The number of rotatable bonds is 4. The third kappa shape index (κ3) is 6.49. The lowest BCUT2D eigenvalue weighted by molar-refractivity contribution is 0.147. The highest BCUT2D eigenvalue weighted by molar-refractivity contribution is 5.84. The summed E-state index contributed by atoms with van der Waals surface area (Å²) in [7, 11) is 0. The van der Waals surface area contributed by atoms with Crippen molar-refractivity contribution in [1.82, 2.24) is 0 Å². The Kier molecular flexibility index (Phi) is 6.48. The van der Waals surface area contributed by atoms with Crippen LogP contribution in [0.3, 0.4) is 0 Å². The summed E-state index contributed by atoms with van der Waals surface area (Å²) in [4.78, 5) is 11.4. The number of hydrogen-bond donors (Lipinski definition) is 2. The molecule has 2 N–H and O–H groups in total. The summed E-state index contributed by atoms with van der Waals surface area (Å²) in [5, 5.41) is 11.3. The van der Waals surface area contributed by atoms with E-state index in [-0.39, 0.29) is 6.61 Å². The fraction of sp³-hybridized carbons (Fsp3) is 0.400. The first-order valence-corrected chi connectivity index (χ1v) is 6.25. The molecule has 0 saturated heterocycles. The quantitative estimate of drug-likeness (QED) is 0.819. The lowest BCUT2D eigenvalue weighted by atomic mass is 10.2. The molecule has 1 amide bonds. The first-order chi connectivity index (χ1) is 9.11. The van der Waals surface area contributed by atoms with E-state index < -0.39 is 6.09 Å². The second kappa shape index (κ2) is 8.17. The topological polar surface area (TPSA) is 58.6 Å². The molecule has 0 spiro atoms. The molecule has 4 nitrogen and oxygen atoms in total. The summed E-state index contributed by atoms with van der Waals surface area (Å²) < 4.78 is 5.01. The molecule has 0 aliphatic rings. The Morgan fingerprint density at radius 2 is 2.05 bits per heavy atom. The summed E-state index contributed by atoms with van der Waals surface area (Å²) in [6, 6.07) is 7.14. The predicted molar refractivity (Wildman–Crippen MR) is 74.8 cm³/mol. The second-order valence-electron chi connectivity index (χ2n) is 4.47. The van der Waals surface area contributed by atoms with Crippen molar-refractivity contribution >= 4 is 11.8 Å². The van der Waals surface area contributed by atoms with Gasteiger partial charge in [0.25, 0.3) is 0 Å². The van der Waals surface area contributed by atoms with Crippen LogP contribution in [0.2, 0.25) is 0 Å². The molecule has 0 aliphatic heterocycles. The Hall–Kier alpha value is -1.99. The number of aliphatic hydroxyl groups is 1. The van der Waals surface area contributed by atoms with E-state index in [4.69, 9.17) is 9.84 Å². The minimum Gasteiger partial charge on any atom is -0.449 e. The molecular weight excluding hydrogens is 242 g/mol. The standard InChI is InChI=1S/C15H19NO3/c1-12(2)11-19-15(18)16-14-8-6-13(7-9-14)5-3-4-10-17/h6-9,12,17H,4,10-11H2,1-2H3,(H,16,18). The molecule has 0 unspecified atom stereocenters. The van der Waals surface area contributed by atoms with Gasteiger partial charge in [0, 0.05) is 17.7 Å². The van der Waals surface area contributed by atoms with Gasteiger partial charge < -0.3 is 9.84 Å². The fourth-order valence-corrected chi connectivity index (χ4v) is 1.25. The van der Waals surface area contributed by atoms with Crippen molar-refractivity contribution in [3.63, 3.8) is 0 Å². The molecule has 0 saturated carbocycles. The number of aliphatic hydroxyl groups excluding tert-OH is 1. The highest BCUT2D eigenvalue weighted by Crippen LogP contribution is 2.09. The first kappa shape index (κ1) is 15.1. The fourth-order valence-electron chi connectivity index (χ4n) is 1.25. The zero-order chi connectivity index (χ0) is 14.1. The number of anilines is 1. The third-order valence-corrected chi connectivity index (χ3v) is 2.15. The average Bonchev–Trinajstić information content (AvgIpc) is 2.39. The molecule has 19 heavy (non-hydrogen) atoms. The first-order valence-electron chi connectivity index (χ1n) is 6.25. The molecule has 0 aliphatic carbocycles. The number of benzene rings is 1. The van der Waals surface area contributed by atoms with Crippen LogP contribution in [0.1, 0.15) is 25.8 Å². The van der Waals surface area contributed by atoms with E-state index in [1.165, 1.54) is 0 Å². The van der Waals surface area contributed by atoms with Crippen molar-refractivity contribution in [2.24, 2.45) is 5.92 Å². The van der Waals surface area contributed by atoms with E-state index in [9.17, 15) is 4.79 Å². The minimum atomic E-state index is -0.451. The largest absolute Gasteiger partial charge is 0.449 e. The maximum atomic E-state index is 11.4. The van der Waals surface area contributed by atoms with E-state index in [1.54, 1.807) is 12.1 Å². The van der Waals surface area contributed by atoms with Gasteiger partial charge in [-0.05, 0) is 30.2 Å². The van der Waals surface area contributed by atoms with Crippen molar-refractivity contribution in [2.45, 2.75) is 20.3 Å². The minimum absolute atomic E-state index is 0.0638. The van der Waals surface area contributed by atoms with Gasteiger partial charge in [-0.25, -0.2) is 4.79 Å². The average molecular weight is 261 g/mol. The van der Waals surface area contributed by atoms with Crippen LogP contribution in [0.5, 0.6) is 0 Å². The van der Waals surface area contributed by atoms with Gasteiger partial charge in [-0.2, -0.15) is 0 Å². The number of carbonyl (C=O) groups is 1.